The van der Waals surface area contributed by atoms with Gasteiger partial charge in [-0.05, 0) is 31.5 Å². The molecule has 102 valence electrons. The molecule has 1 heterocycles. The van der Waals surface area contributed by atoms with E-state index in [1.165, 1.54) is 6.07 Å². The first kappa shape index (κ1) is 13.5. The van der Waals surface area contributed by atoms with Crippen LogP contribution in [0.2, 0.25) is 0 Å². The van der Waals surface area contributed by atoms with Crippen molar-refractivity contribution in [3.63, 3.8) is 0 Å². The first-order chi connectivity index (χ1) is 8.79. The smallest absolute Gasteiger partial charge is 0.398 e. The topological polar surface area (TPSA) is 43.8 Å². The number of rotatable bonds is 2. The Labute approximate surface area is 108 Å². The van der Waals surface area contributed by atoms with E-state index in [-0.39, 0.29) is 11.7 Å². The van der Waals surface area contributed by atoms with Crippen LogP contribution in [-0.4, -0.2) is 9.78 Å². The van der Waals surface area contributed by atoms with E-state index in [0.717, 1.165) is 6.07 Å². The molecule has 0 radical (unpaired) electrons. The van der Waals surface area contributed by atoms with Gasteiger partial charge in [0.2, 0.25) is 0 Å². The number of nitrogen functional groups attached to an aromatic ring is 1. The molecule has 6 heteroatoms. The van der Waals surface area contributed by atoms with Crippen molar-refractivity contribution >= 4 is 5.69 Å². The van der Waals surface area contributed by atoms with Gasteiger partial charge in [-0.1, -0.05) is 6.07 Å². The summed E-state index contributed by atoms with van der Waals surface area (Å²) in [5.41, 5.74) is 5.37. The van der Waals surface area contributed by atoms with E-state index in [1.54, 1.807) is 23.1 Å². The fourth-order valence-electron chi connectivity index (χ4n) is 1.75. The number of alkyl halides is 3. The average Bonchev–Trinajstić information content (AvgIpc) is 2.77. The van der Waals surface area contributed by atoms with E-state index in [1.807, 2.05) is 13.8 Å². The van der Waals surface area contributed by atoms with Crippen LogP contribution in [0.25, 0.3) is 11.1 Å². The number of anilines is 1. The molecule has 0 aliphatic heterocycles. The zero-order valence-corrected chi connectivity index (χ0v) is 10.6. The second-order valence-electron chi connectivity index (χ2n) is 4.60. The van der Waals surface area contributed by atoms with Crippen molar-refractivity contribution in [2.45, 2.75) is 26.1 Å². The Balaban J connectivity index is 2.45. The highest BCUT2D eigenvalue weighted by molar-refractivity contribution is 5.67. The average molecular weight is 269 g/mol. The van der Waals surface area contributed by atoms with Crippen LogP contribution >= 0.6 is 0 Å². The lowest BCUT2D eigenvalue weighted by atomic mass is 10.0. The minimum absolute atomic E-state index is 0.157. The molecule has 1 aromatic carbocycles. The molecule has 0 spiro atoms. The lowest BCUT2D eigenvalue weighted by molar-refractivity contribution is -0.136. The van der Waals surface area contributed by atoms with E-state index in [9.17, 15) is 13.2 Å². The molecule has 19 heavy (non-hydrogen) atoms. The monoisotopic (exact) mass is 269 g/mol. The second kappa shape index (κ2) is 4.60. The largest absolute Gasteiger partial charge is 0.418 e. The summed E-state index contributed by atoms with van der Waals surface area (Å²) in [6.07, 6.45) is -1.18. The lowest BCUT2D eigenvalue weighted by Gasteiger charge is -2.11. The van der Waals surface area contributed by atoms with Gasteiger partial charge in [-0.3, -0.25) is 4.68 Å². The number of halogens is 3. The molecule has 0 unspecified atom stereocenters. The van der Waals surface area contributed by atoms with Crippen LogP contribution in [0.5, 0.6) is 0 Å². The first-order valence-electron chi connectivity index (χ1n) is 5.80. The van der Waals surface area contributed by atoms with E-state index in [4.69, 9.17) is 5.73 Å². The molecule has 0 aliphatic carbocycles. The third-order valence-corrected chi connectivity index (χ3v) is 2.82. The van der Waals surface area contributed by atoms with Crippen LogP contribution in [0.1, 0.15) is 25.5 Å². The third kappa shape index (κ3) is 2.72. The van der Waals surface area contributed by atoms with Gasteiger partial charge in [0.05, 0.1) is 11.8 Å². The van der Waals surface area contributed by atoms with Gasteiger partial charge in [0, 0.05) is 23.5 Å². The Kier molecular flexibility index (Phi) is 3.26. The Morgan fingerprint density at radius 1 is 1.21 bits per heavy atom. The van der Waals surface area contributed by atoms with Crippen molar-refractivity contribution in [1.82, 2.24) is 9.78 Å². The predicted octanol–water partition coefficient (Wildman–Crippen LogP) is 3.73. The van der Waals surface area contributed by atoms with Crippen LogP contribution in [0.15, 0.2) is 30.6 Å². The standard InChI is InChI=1S/C13H14F3N3/c1-8(2)19-7-10(6-18-19)9-3-4-12(17)11(5-9)13(14,15)16/h3-8H,17H2,1-2H3. The molecular formula is C13H14F3N3. The van der Waals surface area contributed by atoms with E-state index in [2.05, 4.69) is 5.10 Å². The maximum atomic E-state index is 12.8. The SMILES string of the molecule is CC(C)n1cc(-c2ccc(N)c(C(F)(F)F)c2)cn1. The number of nitrogens with zero attached hydrogens (tertiary/aromatic N) is 2. The van der Waals surface area contributed by atoms with Gasteiger partial charge in [0.1, 0.15) is 0 Å². The molecule has 0 saturated heterocycles. The Morgan fingerprint density at radius 2 is 1.89 bits per heavy atom. The van der Waals surface area contributed by atoms with E-state index in [0.29, 0.717) is 11.1 Å². The summed E-state index contributed by atoms with van der Waals surface area (Å²) in [5.74, 6) is 0. The van der Waals surface area contributed by atoms with Crippen molar-refractivity contribution in [2.75, 3.05) is 5.73 Å². The van der Waals surface area contributed by atoms with Gasteiger partial charge in [-0.2, -0.15) is 18.3 Å². The van der Waals surface area contributed by atoms with Crippen molar-refractivity contribution in [1.29, 1.82) is 0 Å². The van der Waals surface area contributed by atoms with E-state index >= 15 is 0 Å². The molecular weight excluding hydrogens is 255 g/mol. The number of hydrogen-bond acceptors (Lipinski definition) is 2. The molecule has 0 saturated carbocycles. The normalized spacial score (nSPS) is 12.1. The number of aromatic nitrogens is 2. The van der Waals surface area contributed by atoms with Gasteiger partial charge in [-0.15, -0.1) is 0 Å². The molecule has 2 N–H and O–H groups in total. The predicted molar refractivity (Wildman–Crippen MR) is 67.5 cm³/mol. The summed E-state index contributed by atoms with van der Waals surface area (Å²) in [7, 11) is 0. The zero-order valence-electron chi connectivity index (χ0n) is 10.6. The van der Waals surface area contributed by atoms with Gasteiger partial charge in [0.25, 0.3) is 0 Å². The van der Waals surface area contributed by atoms with Crippen LogP contribution in [0, 0.1) is 0 Å². The maximum Gasteiger partial charge on any atom is 0.418 e. The van der Waals surface area contributed by atoms with Crippen LogP contribution in [0.3, 0.4) is 0 Å². The molecule has 3 nitrogen and oxygen atoms in total. The van der Waals surface area contributed by atoms with Crippen molar-refractivity contribution in [2.24, 2.45) is 0 Å². The first-order valence-corrected chi connectivity index (χ1v) is 5.80. The van der Waals surface area contributed by atoms with Crippen LogP contribution < -0.4 is 5.73 Å². The van der Waals surface area contributed by atoms with Crippen molar-refractivity contribution in [3.05, 3.63) is 36.2 Å². The van der Waals surface area contributed by atoms with Gasteiger partial charge in [0.15, 0.2) is 0 Å². The Bertz CT molecular complexity index is 585. The Morgan fingerprint density at radius 3 is 2.42 bits per heavy atom. The van der Waals surface area contributed by atoms with Gasteiger partial charge >= 0.3 is 6.18 Å². The molecule has 2 aromatic rings. The Hall–Kier alpha value is -1.98. The van der Waals surface area contributed by atoms with Gasteiger partial charge < -0.3 is 5.73 Å². The molecule has 1 aromatic heterocycles. The number of nitrogens with two attached hydrogens (primary N) is 1. The molecule has 0 aliphatic rings. The minimum Gasteiger partial charge on any atom is -0.398 e. The summed E-state index contributed by atoms with van der Waals surface area (Å²) in [5, 5.41) is 4.11. The maximum absolute atomic E-state index is 12.8. The number of hydrogen-bond donors (Lipinski definition) is 1. The molecule has 0 fully saturated rings. The molecule has 0 amide bonds. The number of benzene rings is 1. The highest BCUT2D eigenvalue weighted by atomic mass is 19.4. The van der Waals surface area contributed by atoms with Crippen LogP contribution in [0.4, 0.5) is 18.9 Å². The summed E-state index contributed by atoms with van der Waals surface area (Å²) in [4.78, 5) is 0. The summed E-state index contributed by atoms with van der Waals surface area (Å²) < 4.78 is 40.0. The molecule has 0 atom stereocenters. The van der Waals surface area contributed by atoms with E-state index < -0.39 is 11.7 Å². The van der Waals surface area contributed by atoms with Crippen LogP contribution in [-0.2, 0) is 6.18 Å². The summed E-state index contributed by atoms with van der Waals surface area (Å²) in [6.45, 7) is 3.89. The molecule has 0 bridgehead atoms. The van der Waals surface area contributed by atoms with Crippen molar-refractivity contribution in [3.8, 4) is 11.1 Å². The minimum atomic E-state index is -4.45. The third-order valence-electron chi connectivity index (χ3n) is 2.82. The zero-order chi connectivity index (χ0) is 14.2. The second-order valence-corrected chi connectivity index (χ2v) is 4.60. The summed E-state index contributed by atoms with van der Waals surface area (Å²) in [6, 6.07) is 4.04. The molecule has 2 rings (SSSR count). The highest BCUT2D eigenvalue weighted by Gasteiger charge is 2.33. The van der Waals surface area contributed by atoms with Crippen molar-refractivity contribution < 1.29 is 13.2 Å². The quantitative estimate of drug-likeness (QED) is 0.844. The summed E-state index contributed by atoms with van der Waals surface area (Å²) >= 11 is 0. The van der Waals surface area contributed by atoms with Gasteiger partial charge in [-0.25, -0.2) is 0 Å². The fraction of sp³-hybridized carbons (Fsp3) is 0.308. The lowest BCUT2D eigenvalue weighted by Crippen LogP contribution is -2.08. The fourth-order valence-corrected chi connectivity index (χ4v) is 1.75. The highest BCUT2D eigenvalue weighted by Crippen LogP contribution is 2.36.